The van der Waals surface area contributed by atoms with E-state index in [2.05, 4.69) is 10.2 Å². The molecule has 0 atom stereocenters. The summed E-state index contributed by atoms with van der Waals surface area (Å²) in [6.07, 6.45) is 0. The Hall–Kier alpha value is -3.03. The smallest absolute Gasteiger partial charge is 0.274 e. The van der Waals surface area contributed by atoms with Gasteiger partial charge in [0.15, 0.2) is 18.1 Å². The van der Waals surface area contributed by atoms with Crippen LogP contribution in [0.3, 0.4) is 0 Å². The number of benzene rings is 1. The van der Waals surface area contributed by atoms with Gasteiger partial charge in [-0.3, -0.25) is 14.7 Å². The second-order valence-electron chi connectivity index (χ2n) is 6.05. The van der Waals surface area contributed by atoms with Gasteiger partial charge < -0.3 is 19.3 Å². The van der Waals surface area contributed by atoms with Gasteiger partial charge in [0.05, 0.1) is 7.11 Å². The summed E-state index contributed by atoms with van der Waals surface area (Å²) >= 11 is 0. The number of para-hydroxylation sites is 2. The van der Waals surface area contributed by atoms with Gasteiger partial charge in [0.25, 0.3) is 11.8 Å². The lowest BCUT2D eigenvalue weighted by Crippen LogP contribution is -2.51. The monoisotopic (exact) mass is 358 g/mol. The molecule has 0 spiro atoms. The Labute approximate surface area is 151 Å². The maximum absolute atomic E-state index is 12.4. The highest BCUT2D eigenvalue weighted by atomic mass is 16.5. The van der Waals surface area contributed by atoms with Crippen LogP contribution in [-0.2, 0) is 4.79 Å². The lowest BCUT2D eigenvalue weighted by molar-refractivity contribution is -0.134. The quantitative estimate of drug-likeness (QED) is 0.864. The Morgan fingerprint density at radius 3 is 2.38 bits per heavy atom. The molecule has 2 heterocycles. The molecular formula is C18H22N4O4. The molecule has 0 radical (unpaired) electrons. The molecule has 2 amide bonds. The predicted molar refractivity (Wildman–Crippen MR) is 94.3 cm³/mol. The normalized spacial score (nSPS) is 14.2. The van der Waals surface area contributed by atoms with Gasteiger partial charge in [-0.1, -0.05) is 12.1 Å². The van der Waals surface area contributed by atoms with Crippen molar-refractivity contribution in [3.63, 3.8) is 0 Å². The van der Waals surface area contributed by atoms with E-state index < -0.39 is 0 Å². The highest BCUT2D eigenvalue weighted by Gasteiger charge is 2.26. The first-order valence-corrected chi connectivity index (χ1v) is 8.43. The number of piperazine rings is 1. The number of methoxy groups -OCH3 is 1. The molecule has 2 aromatic rings. The zero-order valence-corrected chi connectivity index (χ0v) is 14.9. The molecule has 8 heteroatoms. The average molecular weight is 358 g/mol. The number of amides is 2. The largest absolute Gasteiger partial charge is 0.493 e. The maximum atomic E-state index is 12.4. The van der Waals surface area contributed by atoms with Gasteiger partial charge in [0.2, 0.25) is 0 Å². The predicted octanol–water partition coefficient (Wildman–Crippen LogP) is 1.09. The standard InChI is InChI=1S/C18H22N4O4/c1-13-11-14(20-19-13)18(24)22-9-7-21(8-10-22)17(23)12-26-16-6-4-3-5-15(16)25-2/h3-6,11H,7-10,12H2,1-2H3,(H,19,20). The molecule has 8 nitrogen and oxygen atoms in total. The van der Waals surface area contributed by atoms with Crippen molar-refractivity contribution in [2.75, 3.05) is 39.9 Å². The third-order valence-electron chi connectivity index (χ3n) is 4.26. The van der Waals surface area contributed by atoms with Crippen LogP contribution in [0.15, 0.2) is 30.3 Å². The molecule has 3 rings (SSSR count). The van der Waals surface area contributed by atoms with Crippen LogP contribution in [-0.4, -0.2) is 71.7 Å². The SMILES string of the molecule is COc1ccccc1OCC(=O)N1CCN(C(=O)c2cc(C)[nH]n2)CC1. The fraction of sp³-hybridized carbons (Fsp3) is 0.389. The first-order chi connectivity index (χ1) is 12.6. The van der Waals surface area contributed by atoms with Crippen molar-refractivity contribution in [1.82, 2.24) is 20.0 Å². The summed E-state index contributed by atoms with van der Waals surface area (Å²) in [6, 6.07) is 8.92. The topological polar surface area (TPSA) is 87.8 Å². The molecule has 0 unspecified atom stereocenters. The second kappa shape index (κ2) is 7.90. The fourth-order valence-corrected chi connectivity index (χ4v) is 2.82. The highest BCUT2D eigenvalue weighted by molar-refractivity contribution is 5.92. The van der Waals surface area contributed by atoms with Gasteiger partial charge in [-0.15, -0.1) is 0 Å². The number of nitrogens with zero attached hydrogens (tertiary/aromatic N) is 3. The van der Waals surface area contributed by atoms with Gasteiger partial charge in [0, 0.05) is 31.9 Å². The second-order valence-corrected chi connectivity index (χ2v) is 6.05. The van der Waals surface area contributed by atoms with Crippen LogP contribution >= 0.6 is 0 Å². The first kappa shape index (κ1) is 17.8. The minimum atomic E-state index is -0.119. The van der Waals surface area contributed by atoms with E-state index in [1.54, 1.807) is 35.1 Å². The van der Waals surface area contributed by atoms with E-state index in [0.29, 0.717) is 43.4 Å². The van der Waals surface area contributed by atoms with Crippen molar-refractivity contribution in [1.29, 1.82) is 0 Å². The van der Waals surface area contributed by atoms with Gasteiger partial charge >= 0.3 is 0 Å². The van der Waals surface area contributed by atoms with E-state index in [4.69, 9.17) is 9.47 Å². The van der Waals surface area contributed by atoms with E-state index in [1.807, 2.05) is 19.1 Å². The fourth-order valence-electron chi connectivity index (χ4n) is 2.82. The minimum absolute atomic E-state index is 0.0626. The Bertz CT molecular complexity index is 781. The molecule has 1 aliphatic rings. The van der Waals surface area contributed by atoms with Crippen molar-refractivity contribution in [2.24, 2.45) is 0 Å². The number of aryl methyl sites for hydroxylation is 1. The van der Waals surface area contributed by atoms with Crippen LogP contribution in [0.2, 0.25) is 0 Å². The van der Waals surface area contributed by atoms with Gasteiger partial charge in [0.1, 0.15) is 5.69 Å². The van der Waals surface area contributed by atoms with E-state index in [0.717, 1.165) is 5.69 Å². The van der Waals surface area contributed by atoms with E-state index in [1.165, 1.54) is 0 Å². The lowest BCUT2D eigenvalue weighted by atomic mass is 10.2. The average Bonchev–Trinajstić information content (AvgIpc) is 3.12. The number of hydrogen-bond donors (Lipinski definition) is 1. The van der Waals surface area contributed by atoms with Crippen LogP contribution in [0, 0.1) is 6.92 Å². The van der Waals surface area contributed by atoms with Crippen molar-refractivity contribution >= 4 is 11.8 Å². The number of rotatable bonds is 5. The zero-order valence-electron chi connectivity index (χ0n) is 14.9. The molecule has 0 saturated carbocycles. The summed E-state index contributed by atoms with van der Waals surface area (Å²) < 4.78 is 10.8. The van der Waals surface area contributed by atoms with Crippen LogP contribution in [0.1, 0.15) is 16.2 Å². The molecule has 1 N–H and O–H groups in total. The zero-order chi connectivity index (χ0) is 18.5. The maximum Gasteiger partial charge on any atom is 0.274 e. The summed E-state index contributed by atoms with van der Waals surface area (Å²) in [7, 11) is 1.56. The lowest BCUT2D eigenvalue weighted by Gasteiger charge is -2.34. The number of carbonyl (C=O) groups is 2. The van der Waals surface area contributed by atoms with Crippen LogP contribution in [0.25, 0.3) is 0 Å². The number of carbonyl (C=O) groups excluding carboxylic acids is 2. The van der Waals surface area contributed by atoms with Crippen molar-refractivity contribution in [3.05, 3.63) is 41.7 Å². The molecule has 138 valence electrons. The number of hydrogen-bond acceptors (Lipinski definition) is 5. The molecule has 0 bridgehead atoms. The summed E-state index contributed by atoms with van der Waals surface area (Å²) in [5.74, 6) is 0.890. The molecular weight excluding hydrogens is 336 g/mol. The molecule has 0 aliphatic carbocycles. The summed E-state index contributed by atoms with van der Waals surface area (Å²) in [6.45, 7) is 3.69. The Kier molecular flexibility index (Phi) is 5.40. The van der Waals surface area contributed by atoms with Crippen LogP contribution in [0.5, 0.6) is 11.5 Å². The van der Waals surface area contributed by atoms with Gasteiger partial charge in [-0.2, -0.15) is 5.10 Å². The minimum Gasteiger partial charge on any atom is -0.493 e. The molecule has 1 aromatic carbocycles. The van der Waals surface area contributed by atoms with Crippen molar-refractivity contribution in [3.8, 4) is 11.5 Å². The molecule has 1 aromatic heterocycles. The number of H-pyrrole nitrogens is 1. The first-order valence-electron chi connectivity index (χ1n) is 8.43. The van der Waals surface area contributed by atoms with Crippen LogP contribution in [0.4, 0.5) is 0 Å². The highest BCUT2D eigenvalue weighted by Crippen LogP contribution is 2.25. The molecule has 26 heavy (non-hydrogen) atoms. The molecule has 1 fully saturated rings. The van der Waals surface area contributed by atoms with Gasteiger partial charge in [-0.05, 0) is 25.1 Å². The summed E-state index contributed by atoms with van der Waals surface area (Å²) in [5, 5.41) is 6.76. The third kappa shape index (κ3) is 3.96. The van der Waals surface area contributed by atoms with Crippen LogP contribution < -0.4 is 9.47 Å². The summed E-state index contributed by atoms with van der Waals surface area (Å²) in [5.41, 5.74) is 1.25. The van der Waals surface area contributed by atoms with E-state index >= 15 is 0 Å². The number of ether oxygens (including phenoxy) is 2. The molecule has 1 saturated heterocycles. The number of aromatic nitrogens is 2. The summed E-state index contributed by atoms with van der Waals surface area (Å²) in [4.78, 5) is 28.1. The Morgan fingerprint density at radius 1 is 1.12 bits per heavy atom. The van der Waals surface area contributed by atoms with Gasteiger partial charge in [-0.25, -0.2) is 0 Å². The molecule has 1 aliphatic heterocycles. The number of nitrogens with one attached hydrogen (secondary N) is 1. The van der Waals surface area contributed by atoms with E-state index in [9.17, 15) is 9.59 Å². The van der Waals surface area contributed by atoms with E-state index in [-0.39, 0.29) is 18.4 Å². The Morgan fingerprint density at radius 2 is 1.77 bits per heavy atom. The van der Waals surface area contributed by atoms with Crippen molar-refractivity contribution < 1.29 is 19.1 Å². The number of aromatic amines is 1. The third-order valence-corrected chi connectivity index (χ3v) is 4.26. The Balaban J connectivity index is 1.50. The van der Waals surface area contributed by atoms with Crippen molar-refractivity contribution in [2.45, 2.75) is 6.92 Å².